The Bertz CT molecular complexity index is 6260. The molecule has 0 atom stereocenters. The Morgan fingerprint density at radius 3 is 1.04 bits per heavy atom. The summed E-state index contributed by atoms with van der Waals surface area (Å²) in [4.78, 5) is 102. The second-order valence-electron chi connectivity index (χ2n) is 35.7. The van der Waals surface area contributed by atoms with Crippen molar-refractivity contribution in [1.82, 2.24) is 81.6 Å². The number of ether oxygens (including phenoxy) is 6. The van der Waals surface area contributed by atoms with Gasteiger partial charge in [-0.25, -0.2) is 0 Å². The lowest BCUT2D eigenvalue weighted by molar-refractivity contribution is -0.121. The van der Waals surface area contributed by atoms with Crippen LogP contribution in [0.4, 0.5) is 31.9 Å². The van der Waals surface area contributed by atoms with E-state index in [0.29, 0.717) is 111 Å². The molecule has 14 aromatic rings. The van der Waals surface area contributed by atoms with Gasteiger partial charge in [0.15, 0.2) is 35.4 Å². The summed E-state index contributed by atoms with van der Waals surface area (Å²) in [6.45, 7) is 3.87. The smallest absolute Gasteiger partial charge is 0.264 e. The van der Waals surface area contributed by atoms with Crippen molar-refractivity contribution >= 4 is 169 Å². The summed E-state index contributed by atoms with van der Waals surface area (Å²) in [6, 6.07) is 42.4. The number of amides is 4. The molecule has 2 fully saturated rings. The van der Waals surface area contributed by atoms with E-state index in [-0.39, 0.29) is 85.3 Å². The molecule has 16 rings (SSSR count). The van der Waals surface area contributed by atoms with Crippen molar-refractivity contribution in [2.45, 2.75) is 206 Å². The number of nitrogens with one attached hydrogen (secondary N) is 4. The number of unbranched alkanes of at least 4 members (excludes halogenated alkanes) is 4. The predicted molar refractivity (Wildman–Crippen MR) is 579 cm³/mol. The van der Waals surface area contributed by atoms with E-state index in [4.69, 9.17) is 28.4 Å². The zero-order valence-electron chi connectivity index (χ0n) is 84.5. The van der Waals surface area contributed by atoms with Gasteiger partial charge in [-0.05, 0) is 198 Å². The Morgan fingerprint density at radius 2 is 0.649 bits per heavy atom. The molecule has 148 heavy (non-hydrogen) atoms. The van der Waals surface area contributed by atoms with Crippen LogP contribution in [0.25, 0.3) is 0 Å². The van der Waals surface area contributed by atoms with Crippen LogP contribution in [0.5, 0.6) is 34.5 Å². The summed E-state index contributed by atoms with van der Waals surface area (Å²) in [5, 5.41) is 90.5. The first-order chi connectivity index (χ1) is 71.8. The molecule has 8 aromatic heterocycles. The van der Waals surface area contributed by atoms with Crippen LogP contribution in [0.1, 0.15) is 183 Å². The first-order valence-electron chi connectivity index (χ1n) is 48.9. The number of methoxy groups -OCH3 is 4. The van der Waals surface area contributed by atoms with E-state index in [0.717, 1.165) is 228 Å². The van der Waals surface area contributed by atoms with E-state index < -0.39 is 0 Å². The van der Waals surface area contributed by atoms with E-state index in [1.54, 1.807) is 39.8 Å². The number of carbonyl (C=O) groups excluding carboxylic acids is 8. The molecular weight excluding hydrogens is 2040 g/mol. The lowest BCUT2D eigenvalue weighted by Crippen LogP contribution is -2.20. The summed E-state index contributed by atoms with van der Waals surface area (Å²) >= 11 is 11.6. The number of nitrogens with zero attached hydrogens (tertiary/aromatic N) is 18. The Labute approximate surface area is 891 Å². The Balaban J connectivity index is 0.000000167. The first kappa shape index (κ1) is 112. The summed E-state index contributed by atoms with van der Waals surface area (Å²) < 4.78 is 32.7. The molecule has 2 aliphatic carbocycles. The van der Waals surface area contributed by atoms with Crippen LogP contribution in [-0.4, -0.2) is 198 Å². The lowest BCUT2D eigenvalue weighted by atomic mass is 10.0. The van der Waals surface area contributed by atoms with Gasteiger partial charge in [0.25, 0.3) is 5.91 Å². The van der Waals surface area contributed by atoms with Gasteiger partial charge in [0.2, 0.25) is 38.2 Å². The number of hydrogen-bond acceptors (Lipinski definition) is 40. The SMILES string of the molecule is CN(C)c1ccc(CC(=O)Cc2nnc(CCCCc3nnc(NC(=O)Cc4ccc(N(C)C)cc4)s3)s2)cc1.COc1cccc(CCC(=O)Cc2nnc(CCCCc3nnc(NC(=O)CCc4cccc(OC)c4OC)s3)s2)c1OC.Cc1cccc(OCC(=O)Cc2nnc(CCCCc3nnc(NC(=O)COc4cccc(C)c4)s3)s2)c1.O=C(Cc1nnc(CCCCc2nnc(NC(=O)C3CC3)s2)s1)C1CC1. The van der Waals surface area contributed by atoms with E-state index in [9.17, 15) is 38.4 Å². The minimum absolute atomic E-state index is 0.0163. The number of anilines is 6. The standard InChI is InChI=1S/C31H37N5O6S2.C29H35N7O2S2.C27H29N5O4S2.C17H21N5O2S2/c1-39-23-11-7-9-20(29(23)41-3)15-17-22(37)19-28-35-33-26(43-28)13-5-6-14-27-34-36-31(44-27)32-25(38)18-16-21-10-8-12-24(40-2)30(21)42-4;1-35(2)22-13-9-20(10-14-22)17-24(37)19-28-33-31-26(39-28)7-5-6-8-27-32-34-29(40-27)30-25(38)18-21-11-15-23(16-12-21)36(3)4;1-18-7-5-9-21(13-18)35-16-20(33)15-26-31-29-24(37-26)11-3-4-12-25-30-32-27(38-25)28-23(34)17-36-22-10-6-8-19(2)14-22;23-12(10-5-6-10)9-15-21-19-13(25-15)3-1-2-4-14-20-22-17(26-14)18-16(24)11-7-8-11/h7-12H,5-6,13-19H2,1-4H3,(H,32,36,38);9-16H,5-8,17-19H2,1-4H3,(H,30,34,38);5-10,13-14H,3-4,11-12,15-17H2,1-2H3,(H,28,32,34);10-11H,1-9H2,(H,18,22,24). The molecule has 2 saturated carbocycles. The molecule has 0 aliphatic heterocycles. The van der Waals surface area contributed by atoms with Crippen molar-refractivity contribution in [2.75, 3.05) is 101 Å². The van der Waals surface area contributed by atoms with Gasteiger partial charge >= 0.3 is 0 Å². The minimum Gasteiger partial charge on any atom is -0.493 e. The number of rotatable bonds is 56. The fraction of sp³-hybridized carbons (Fsp3) is 0.423. The van der Waals surface area contributed by atoms with Gasteiger partial charge < -0.3 is 54.2 Å². The highest BCUT2D eigenvalue weighted by Crippen LogP contribution is 2.37. The Morgan fingerprint density at radius 1 is 0.311 bits per heavy atom. The van der Waals surface area contributed by atoms with Gasteiger partial charge in [-0.2, -0.15) is 0 Å². The van der Waals surface area contributed by atoms with Crippen LogP contribution in [0.2, 0.25) is 0 Å². The van der Waals surface area contributed by atoms with Crippen molar-refractivity contribution in [3.63, 3.8) is 0 Å². The van der Waals surface area contributed by atoms with Gasteiger partial charge in [0.1, 0.15) is 95.5 Å². The topological polar surface area (TPSA) is 453 Å². The van der Waals surface area contributed by atoms with E-state index in [1.807, 2.05) is 185 Å². The van der Waals surface area contributed by atoms with Crippen LogP contribution in [0.15, 0.2) is 133 Å². The van der Waals surface area contributed by atoms with Gasteiger partial charge in [-0.1, -0.05) is 118 Å². The average molecular weight is 2160 g/mol. The number of aryl methyl sites for hydroxylation is 12. The molecule has 0 spiro atoms. The van der Waals surface area contributed by atoms with Gasteiger partial charge in [-0.15, -0.1) is 127 Å². The van der Waals surface area contributed by atoms with Crippen molar-refractivity contribution in [3.8, 4) is 34.5 Å². The second kappa shape index (κ2) is 58.5. The fourth-order valence-electron chi connectivity index (χ4n) is 14.9. The van der Waals surface area contributed by atoms with Gasteiger partial charge in [-0.3, -0.25) is 43.7 Å². The summed E-state index contributed by atoms with van der Waals surface area (Å²) in [7, 11) is 14.3. The highest BCUT2D eigenvalue weighted by atomic mass is 32.1. The lowest BCUT2D eigenvalue weighted by Gasteiger charge is -2.12. The molecule has 6 aromatic carbocycles. The van der Waals surface area contributed by atoms with Gasteiger partial charge in [0, 0.05) is 122 Å². The van der Waals surface area contributed by atoms with Crippen LogP contribution < -0.4 is 59.5 Å². The van der Waals surface area contributed by atoms with Crippen molar-refractivity contribution < 1.29 is 66.8 Å². The van der Waals surface area contributed by atoms with E-state index in [1.165, 1.54) is 79.4 Å². The Kier molecular flexibility index (Phi) is 44.2. The largest absolute Gasteiger partial charge is 0.493 e. The molecule has 0 radical (unpaired) electrons. The monoisotopic (exact) mass is 2160 g/mol. The second-order valence-corrected chi connectivity index (χ2v) is 44.5. The summed E-state index contributed by atoms with van der Waals surface area (Å²) in [6.07, 6.45) is 21.6. The normalized spacial score (nSPS) is 11.9. The molecule has 0 unspecified atom stereocenters. The number of ketones is 4. The predicted octanol–water partition coefficient (Wildman–Crippen LogP) is 17.5. The fourth-order valence-corrected chi connectivity index (χ4v) is 21.7. The number of carbonyl (C=O) groups is 8. The summed E-state index contributed by atoms with van der Waals surface area (Å²) in [5.41, 5.74) is 8.16. The number of hydrogen-bond donors (Lipinski definition) is 4. The molecule has 4 amide bonds. The maximum atomic E-state index is 12.6. The number of aromatic nitrogens is 16. The average Bonchev–Trinajstić information content (AvgIpc) is 1.41. The molecule has 4 N–H and O–H groups in total. The van der Waals surface area contributed by atoms with Crippen molar-refractivity contribution in [2.24, 2.45) is 11.8 Å². The molecule has 0 saturated heterocycles. The maximum absolute atomic E-state index is 12.6. The minimum atomic E-state index is -0.276. The third-order valence-electron chi connectivity index (χ3n) is 23.0. The molecule has 36 nitrogen and oxygen atoms in total. The van der Waals surface area contributed by atoms with Crippen LogP contribution in [0, 0.1) is 25.7 Å². The summed E-state index contributed by atoms with van der Waals surface area (Å²) in [5.74, 6) is 4.49. The third-order valence-corrected chi connectivity index (χ3v) is 30.6. The Hall–Kier alpha value is -13.2. The highest BCUT2D eigenvalue weighted by molar-refractivity contribution is 7.16. The zero-order valence-corrected chi connectivity index (χ0v) is 91.0. The highest BCUT2D eigenvalue weighted by Gasteiger charge is 2.32. The third kappa shape index (κ3) is 38.5. The molecule has 8 heterocycles. The molecule has 2 aliphatic rings. The zero-order chi connectivity index (χ0) is 104. The molecule has 780 valence electrons. The number of para-hydroxylation sites is 2. The molecule has 0 bridgehead atoms. The van der Waals surface area contributed by atoms with Crippen molar-refractivity contribution in [3.05, 3.63) is 227 Å². The van der Waals surface area contributed by atoms with Crippen LogP contribution >= 0.6 is 90.7 Å². The van der Waals surface area contributed by atoms with Gasteiger partial charge in [0.05, 0.1) is 60.5 Å². The van der Waals surface area contributed by atoms with Crippen molar-refractivity contribution in [1.29, 1.82) is 0 Å². The van der Waals surface area contributed by atoms with Crippen LogP contribution in [0.3, 0.4) is 0 Å². The van der Waals surface area contributed by atoms with E-state index >= 15 is 0 Å². The molecular formula is C104H122N22O14S8. The van der Waals surface area contributed by atoms with E-state index in [2.05, 4.69) is 103 Å². The van der Waals surface area contributed by atoms with Crippen LogP contribution in [-0.2, 0) is 141 Å². The maximum Gasteiger partial charge on any atom is 0.264 e. The number of benzene rings is 6. The first-order valence-corrected chi connectivity index (χ1v) is 55.5. The quantitative estimate of drug-likeness (QED) is 0.0257. The number of Topliss-reactive ketones (excluding diaryl/α,β-unsaturated/α-hetero) is 4. The molecule has 44 heteroatoms.